The molecule has 0 bridgehead atoms. The topological polar surface area (TPSA) is 70.6 Å². The Morgan fingerprint density at radius 2 is 1.79 bits per heavy atom. The summed E-state index contributed by atoms with van der Waals surface area (Å²) in [5.74, 6) is -1.28. The first-order valence-corrected chi connectivity index (χ1v) is 10.1. The lowest BCUT2D eigenvalue weighted by atomic mass is 10.1. The van der Waals surface area contributed by atoms with Crippen LogP contribution in [0.4, 0.5) is 14.5 Å². The highest BCUT2D eigenvalue weighted by Gasteiger charge is 2.26. The second-order valence-corrected chi connectivity index (χ2v) is 8.28. The molecule has 1 aliphatic heterocycles. The molecule has 3 aromatic rings. The van der Waals surface area contributed by atoms with E-state index in [1.807, 2.05) is 30.3 Å². The van der Waals surface area contributed by atoms with Gasteiger partial charge in [0, 0.05) is 23.1 Å². The lowest BCUT2D eigenvalue weighted by Gasteiger charge is -2.19. The van der Waals surface area contributed by atoms with Crippen LogP contribution in [0.25, 0.3) is 11.1 Å². The molecule has 0 atom stereocenters. The van der Waals surface area contributed by atoms with Crippen LogP contribution in [0, 0.1) is 11.6 Å². The first-order chi connectivity index (χ1) is 14.0. The largest absolute Gasteiger partial charge is 0.373 e. The number of nitrogens with one attached hydrogen (secondary N) is 2. The van der Waals surface area contributed by atoms with E-state index in [-0.39, 0.29) is 11.7 Å². The maximum Gasteiger partial charge on any atom is 0.373 e. The predicted molar refractivity (Wildman–Crippen MR) is 110 cm³/mol. The van der Waals surface area contributed by atoms with E-state index in [4.69, 9.17) is 21.2 Å². The monoisotopic (exact) mass is 451 g/mol. The van der Waals surface area contributed by atoms with Crippen LogP contribution in [0.5, 0.6) is 0 Å². The van der Waals surface area contributed by atoms with Crippen LogP contribution in [0.1, 0.15) is 5.56 Å². The molecule has 2 N–H and O–H groups in total. The molecule has 10 heteroatoms. The van der Waals surface area contributed by atoms with Crippen molar-refractivity contribution in [3.8, 4) is 11.1 Å². The Balaban J connectivity index is 0.000000755. The summed E-state index contributed by atoms with van der Waals surface area (Å²) in [5, 5.41) is 3.16. The van der Waals surface area contributed by atoms with Gasteiger partial charge in [0.25, 0.3) is 0 Å². The highest BCUT2D eigenvalue weighted by atomic mass is 35.5. The van der Waals surface area contributed by atoms with E-state index in [1.54, 1.807) is 0 Å². The van der Waals surface area contributed by atoms with Crippen molar-refractivity contribution in [3.63, 3.8) is 0 Å². The molecule has 0 fully saturated rings. The maximum absolute atomic E-state index is 14.3. The fourth-order valence-corrected chi connectivity index (χ4v) is 4.97. The normalized spacial score (nSPS) is 13.4. The number of carbonyl (C=O) groups excluding carboxylic acids is 2. The van der Waals surface area contributed by atoms with E-state index >= 15 is 0 Å². The third kappa shape index (κ3) is 4.83. The summed E-state index contributed by atoms with van der Waals surface area (Å²) in [6, 6.07) is 13.9. The van der Waals surface area contributed by atoms with Gasteiger partial charge in [-0.15, -0.1) is 11.3 Å². The van der Waals surface area contributed by atoms with Gasteiger partial charge in [0.1, 0.15) is 8.55 Å². The smallest absolute Gasteiger partial charge is 0.323 e. The standard InChI is InChI=1S/C18H12ClF2N3S2.CO2/c19-16-13(11-7-4-8-12(20)14(11)21)15-17(25-16)26-24-18(23-15)22-9-10-5-2-1-3-6-10;2-1-3/h1-8H,9H2,(H2,22,23,24);. The van der Waals surface area contributed by atoms with Gasteiger partial charge in [0.05, 0.1) is 12.2 Å². The Morgan fingerprint density at radius 1 is 1.07 bits per heavy atom. The van der Waals surface area contributed by atoms with Gasteiger partial charge in [-0.05, 0) is 11.6 Å². The maximum atomic E-state index is 14.3. The van der Waals surface area contributed by atoms with E-state index in [9.17, 15) is 8.78 Å². The van der Waals surface area contributed by atoms with Gasteiger partial charge in [-0.25, -0.2) is 13.8 Å². The molecule has 0 aliphatic carbocycles. The van der Waals surface area contributed by atoms with E-state index < -0.39 is 11.6 Å². The van der Waals surface area contributed by atoms with Gasteiger partial charge in [0.2, 0.25) is 5.96 Å². The zero-order chi connectivity index (χ0) is 20.8. The van der Waals surface area contributed by atoms with Gasteiger partial charge < -0.3 is 5.32 Å². The fourth-order valence-electron chi connectivity index (χ4n) is 2.57. The number of halogens is 3. The zero-order valence-corrected chi connectivity index (χ0v) is 16.9. The number of anilines is 1. The number of hydrogen-bond acceptors (Lipinski definition) is 5. The number of guanidine groups is 1. The first kappa shape index (κ1) is 21.0. The number of hydrogen-bond donors (Lipinski definition) is 2. The SMILES string of the molecule is Fc1cccc(-c2c(Cl)sc3c2NC(=NCc2ccccc2)NS3)c1F.O=C=O. The Hall–Kier alpha value is -2.71. The van der Waals surface area contributed by atoms with Crippen molar-refractivity contribution in [1.29, 1.82) is 0 Å². The Morgan fingerprint density at radius 3 is 2.52 bits per heavy atom. The van der Waals surface area contributed by atoms with Crippen LogP contribution in [-0.2, 0) is 16.1 Å². The minimum absolute atomic E-state index is 0.130. The molecule has 4 rings (SSSR count). The first-order valence-electron chi connectivity index (χ1n) is 8.09. The summed E-state index contributed by atoms with van der Waals surface area (Å²) < 4.78 is 32.3. The average molecular weight is 452 g/mol. The highest BCUT2D eigenvalue weighted by Crippen LogP contribution is 2.49. The molecular formula is C19H12ClF2N3O2S2. The summed E-state index contributed by atoms with van der Waals surface area (Å²) in [4.78, 5) is 20.8. The fraction of sp³-hybridized carbons (Fsp3) is 0.0526. The van der Waals surface area contributed by atoms with Crippen LogP contribution in [0.15, 0.2) is 57.7 Å². The molecule has 2 aromatic carbocycles. The number of nitrogens with zero attached hydrogens (tertiary/aromatic N) is 1. The third-order valence-electron chi connectivity index (χ3n) is 3.80. The molecule has 5 nitrogen and oxygen atoms in total. The lowest BCUT2D eigenvalue weighted by Crippen LogP contribution is -2.29. The minimum Gasteiger partial charge on any atom is -0.323 e. The lowest BCUT2D eigenvalue weighted by molar-refractivity contribution is -0.191. The van der Waals surface area contributed by atoms with Gasteiger partial charge in [0.15, 0.2) is 11.6 Å². The van der Waals surface area contributed by atoms with E-state index in [0.717, 1.165) is 15.8 Å². The van der Waals surface area contributed by atoms with Gasteiger partial charge in [-0.3, -0.25) is 4.72 Å². The van der Waals surface area contributed by atoms with Crippen LogP contribution in [0.2, 0.25) is 4.34 Å². The molecule has 0 radical (unpaired) electrons. The van der Waals surface area contributed by atoms with Crippen molar-refractivity contribution in [3.05, 3.63) is 70.1 Å². The Bertz CT molecular complexity index is 1080. The van der Waals surface area contributed by atoms with E-state index in [0.29, 0.717) is 28.1 Å². The van der Waals surface area contributed by atoms with Gasteiger partial charge in [-0.1, -0.05) is 54.1 Å². The van der Waals surface area contributed by atoms with E-state index in [2.05, 4.69) is 15.0 Å². The van der Waals surface area contributed by atoms with Crippen LogP contribution in [-0.4, -0.2) is 12.1 Å². The van der Waals surface area contributed by atoms with Gasteiger partial charge in [-0.2, -0.15) is 9.59 Å². The Labute approximate surface area is 177 Å². The van der Waals surface area contributed by atoms with Crippen LogP contribution < -0.4 is 10.0 Å². The number of fused-ring (bicyclic) bond motifs is 1. The van der Waals surface area contributed by atoms with Crippen molar-refractivity contribution in [2.75, 3.05) is 5.32 Å². The van der Waals surface area contributed by atoms with Gasteiger partial charge >= 0.3 is 6.15 Å². The number of thiophene rings is 1. The molecule has 0 unspecified atom stereocenters. The molecule has 1 aliphatic rings. The summed E-state index contributed by atoms with van der Waals surface area (Å²) >= 11 is 8.97. The van der Waals surface area contributed by atoms with Crippen molar-refractivity contribution >= 4 is 52.7 Å². The quantitative estimate of drug-likeness (QED) is 0.526. The molecule has 0 saturated carbocycles. The van der Waals surface area contributed by atoms with E-state index in [1.165, 1.54) is 35.4 Å². The summed E-state index contributed by atoms with van der Waals surface area (Å²) in [7, 11) is 0. The number of rotatable bonds is 3. The van der Waals surface area contributed by atoms with Crippen molar-refractivity contribution < 1.29 is 18.4 Å². The molecule has 2 heterocycles. The van der Waals surface area contributed by atoms with Crippen molar-refractivity contribution in [1.82, 2.24) is 4.72 Å². The second kappa shape index (κ2) is 9.67. The zero-order valence-electron chi connectivity index (χ0n) is 14.5. The third-order valence-corrected chi connectivity index (χ3v) is 6.18. The predicted octanol–water partition coefficient (Wildman–Crippen LogP) is 5.34. The van der Waals surface area contributed by atoms with Crippen molar-refractivity contribution in [2.24, 2.45) is 4.99 Å². The Kier molecular flexibility index (Phi) is 7.00. The molecule has 0 saturated heterocycles. The summed E-state index contributed by atoms with van der Waals surface area (Å²) in [6.45, 7) is 0.494. The second-order valence-electron chi connectivity index (χ2n) is 5.58. The molecule has 1 aromatic heterocycles. The summed E-state index contributed by atoms with van der Waals surface area (Å²) in [5.41, 5.74) is 2.29. The molecular weight excluding hydrogens is 440 g/mol. The minimum atomic E-state index is -0.914. The van der Waals surface area contributed by atoms with Crippen LogP contribution >= 0.6 is 34.9 Å². The highest BCUT2D eigenvalue weighted by molar-refractivity contribution is 8.00. The molecule has 148 valence electrons. The molecule has 0 spiro atoms. The number of aliphatic imine (C=N–C) groups is 1. The number of benzene rings is 2. The molecule has 0 amide bonds. The van der Waals surface area contributed by atoms with Crippen LogP contribution in [0.3, 0.4) is 0 Å². The molecule has 29 heavy (non-hydrogen) atoms. The average Bonchev–Trinajstić information content (AvgIpc) is 3.05. The van der Waals surface area contributed by atoms with Crippen molar-refractivity contribution in [2.45, 2.75) is 10.8 Å². The summed E-state index contributed by atoms with van der Waals surface area (Å²) in [6.07, 6.45) is 0.250.